The van der Waals surface area contributed by atoms with Gasteiger partial charge in [-0.3, -0.25) is 4.79 Å². The van der Waals surface area contributed by atoms with Gasteiger partial charge in [0.15, 0.2) is 0 Å². The van der Waals surface area contributed by atoms with Gasteiger partial charge in [-0.1, -0.05) is 24.3 Å². The van der Waals surface area contributed by atoms with Crippen molar-refractivity contribution >= 4 is 5.91 Å². The molecule has 0 saturated carbocycles. The number of nitrogens with two attached hydrogens (primary N) is 1. The molecule has 1 atom stereocenters. The topological polar surface area (TPSA) is 66.6 Å². The van der Waals surface area contributed by atoms with Crippen molar-refractivity contribution in [1.82, 2.24) is 4.90 Å². The van der Waals surface area contributed by atoms with Crippen molar-refractivity contribution in [3.63, 3.8) is 0 Å². The molecule has 0 fully saturated rings. The van der Waals surface area contributed by atoms with Crippen molar-refractivity contribution in [2.75, 3.05) is 6.54 Å². The molecule has 0 bridgehead atoms. The van der Waals surface area contributed by atoms with Gasteiger partial charge in [-0.05, 0) is 66.6 Å². The van der Waals surface area contributed by atoms with Crippen LogP contribution in [0.5, 0.6) is 5.75 Å². The van der Waals surface area contributed by atoms with E-state index in [9.17, 15) is 9.90 Å². The van der Waals surface area contributed by atoms with Crippen molar-refractivity contribution in [2.45, 2.75) is 39.3 Å². The number of aromatic hydroxyl groups is 1. The largest absolute Gasteiger partial charge is 0.508 e. The highest BCUT2D eigenvalue weighted by molar-refractivity contribution is 5.82. The van der Waals surface area contributed by atoms with E-state index in [0.717, 1.165) is 29.7 Å². The lowest BCUT2D eigenvalue weighted by Gasteiger charge is -2.31. The third-order valence-corrected chi connectivity index (χ3v) is 4.86. The predicted octanol–water partition coefficient (Wildman–Crippen LogP) is 2.46. The minimum atomic E-state index is -0.558. The number of benzene rings is 2. The fraction of sp³-hybridized carbons (Fsp3) is 0.350. The number of aryl methyl sites for hydroxylation is 2. The zero-order valence-electron chi connectivity index (χ0n) is 14.2. The van der Waals surface area contributed by atoms with Gasteiger partial charge in [-0.15, -0.1) is 0 Å². The Kier molecular flexibility index (Phi) is 4.58. The van der Waals surface area contributed by atoms with Crippen LogP contribution in [0.1, 0.15) is 27.8 Å². The summed E-state index contributed by atoms with van der Waals surface area (Å²) < 4.78 is 0. The molecular weight excluding hydrogens is 300 g/mol. The second kappa shape index (κ2) is 6.65. The Morgan fingerprint density at radius 3 is 2.50 bits per heavy atom. The van der Waals surface area contributed by atoms with Gasteiger partial charge in [0.1, 0.15) is 5.75 Å². The van der Waals surface area contributed by atoms with Crippen LogP contribution in [0.25, 0.3) is 0 Å². The highest BCUT2D eigenvalue weighted by Crippen LogP contribution is 2.23. The number of rotatable bonds is 3. The molecular formula is C20H24N2O2. The van der Waals surface area contributed by atoms with Crippen LogP contribution >= 0.6 is 0 Å². The summed E-state index contributed by atoms with van der Waals surface area (Å²) in [5.74, 6) is 0.248. The molecule has 24 heavy (non-hydrogen) atoms. The van der Waals surface area contributed by atoms with Gasteiger partial charge in [-0.25, -0.2) is 0 Å². The quantitative estimate of drug-likeness (QED) is 0.911. The molecule has 4 heteroatoms. The highest BCUT2D eigenvalue weighted by atomic mass is 16.3. The van der Waals surface area contributed by atoms with Crippen LogP contribution in [0, 0.1) is 13.8 Å². The van der Waals surface area contributed by atoms with Crippen LogP contribution in [-0.4, -0.2) is 28.5 Å². The average molecular weight is 324 g/mol. The summed E-state index contributed by atoms with van der Waals surface area (Å²) in [6.07, 6.45) is 1.38. The first-order valence-electron chi connectivity index (χ1n) is 8.36. The fourth-order valence-electron chi connectivity index (χ4n) is 3.52. The monoisotopic (exact) mass is 324 g/mol. The predicted molar refractivity (Wildman–Crippen MR) is 94.8 cm³/mol. The number of hydrogen-bond acceptors (Lipinski definition) is 3. The van der Waals surface area contributed by atoms with Gasteiger partial charge in [0.2, 0.25) is 5.91 Å². The molecule has 0 spiro atoms. The number of nitrogens with zero attached hydrogens (tertiary/aromatic N) is 1. The van der Waals surface area contributed by atoms with E-state index in [4.69, 9.17) is 5.73 Å². The van der Waals surface area contributed by atoms with E-state index in [1.54, 1.807) is 12.1 Å². The van der Waals surface area contributed by atoms with Gasteiger partial charge in [-0.2, -0.15) is 0 Å². The van der Waals surface area contributed by atoms with Gasteiger partial charge in [0.25, 0.3) is 0 Å². The maximum Gasteiger partial charge on any atom is 0.240 e. The second-order valence-corrected chi connectivity index (χ2v) is 6.65. The molecule has 2 aromatic rings. The van der Waals surface area contributed by atoms with Gasteiger partial charge >= 0.3 is 0 Å². The lowest BCUT2D eigenvalue weighted by Crippen LogP contribution is -2.46. The Morgan fingerprint density at radius 1 is 1.21 bits per heavy atom. The van der Waals surface area contributed by atoms with E-state index >= 15 is 0 Å². The van der Waals surface area contributed by atoms with Crippen molar-refractivity contribution < 1.29 is 9.90 Å². The molecule has 4 nitrogen and oxygen atoms in total. The summed E-state index contributed by atoms with van der Waals surface area (Å²) in [7, 11) is 0. The highest BCUT2D eigenvalue weighted by Gasteiger charge is 2.25. The molecule has 3 rings (SSSR count). The van der Waals surface area contributed by atoms with Crippen molar-refractivity contribution in [3.8, 4) is 5.75 Å². The molecule has 0 saturated heterocycles. The summed E-state index contributed by atoms with van der Waals surface area (Å²) in [5.41, 5.74) is 11.7. The fourth-order valence-corrected chi connectivity index (χ4v) is 3.52. The lowest BCUT2D eigenvalue weighted by atomic mass is 9.94. The summed E-state index contributed by atoms with van der Waals surface area (Å²) in [6, 6.07) is 11.1. The number of carbonyl (C=O) groups is 1. The third-order valence-electron chi connectivity index (χ3n) is 4.86. The van der Waals surface area contributed by atoms with E-state index in [1.807, 2.05) is 30.9 Å². The van der Waals surface area contributed by atoms with Crippen molar-refractivity contribution in [3.05, 3.63) is 64.2 Å². The molecule has 2 aromatic carbocycles. The molecule has 1 aliphatic rings. The number of carbonyl (C=O) groups excluding carboxylic acids is 1. The summed E-state index contributed by atoms with van der Waals surface area (Å²) in [4.78, 5) is 14.6. The summed E-state index contributed by atoms with van der Waals surface area (Å²) >= 11 is 0. The maximum absolute atomic E-state index is 12.8. The standard InChI is InChI=1S/C20H24N2O2/c1-13-9-17(23)10-14(2)18(13)11-19(21)20(24)22-8-7-15-5-3-4-6-16(15)12-22/h3-6,9-10,19,23H,7-8,11-12,21H2,1-2H3/t19-/m1/s1. The second-order valence-electron chi connectivity index (χ2n) is 6.65. The molecule has 1 aliphatic heterocycles. The molecule has 0 aromatic heterocycles. The zero-order chi connectivity index (χ0) is 17.3. The van der Waals surface area contributed by atoms with Crippen molar-refractivity contribution in [1.29, 1.82) is 0 Å². The first-order chi connectivity index (χ1) is 11.5. The first-order valence-corrected chi connectivity index (χ1v) is 8.36. The number of hydrogen-bond donors (Lipinski definition) is 2. The molecule has 3 N–H and O–H groups in total. The number of phenols is 1. The van der Waals surface area contributed by atoms with Gasteiger partial charge in [0.05, 0.1) is 6.04 Å². The van der Waals surface area contributed by atoms with Gasteiger partial charge in [0, 0.05) is 13.1 Å². The van der Waals surface area contributed by atoms with Crippen LogP contribution < -0.4 is 5.73 Å². The molecule has 0 radical (unpaired) electrons. The number of fused-ring (bicyclic) bond motifs is 1. The Bertz CT molecular complexity index is 747. The van der Waals surface area contributed by atoms with E-state index in [-0.39, 0.29) is 11.7 Å². The van der Waals surface area contributed by atoms with Crippen LogP contribution in [0.3, 0.4) is 0 Å². The van der Waals surface area contributed by atoms with E-state index in [2.05, 4.69) is 12.1 Å². The SMILES string of the molecule is Cc1cc(O)cc(C)c1C[C@@H](N)C(=O)N1CCc2ccccc2C1. The molecule has 126 valence electrons. The minimum absolute atomic E-state index is 0.00335. The molecule has 1 heterocycles. The Morgan fingerprint density at radius 2 is 1.83 bits per heavy atom. The Balaban J connectivity index is 1.72. The number of amides is 1. The van der Waals surface area contributed by atoms with Gasteiger partial charge < -0.3 is 15.7 Å². The molecule has 0 aliphatic carbocycles. The zero-order valence-corrected chi connectivity index (χ0v) is 14.2. The van der Waals surface area contributed by atoms with E-state index in [0.29, 0.717) is 13.0 Å². The average Bonchev–Trinajstić information content (AvgIpc) is 2.56. The Hall–Kier alpha value is -2.33. The van der Waals surface area contributed by atoms with Crippen molar-refractivity contribution in [2.24, 2.45) is 5.73 Å². The lowest BCUT2D eigenvalue weighted by molar-refractivity contribution is -0.133. The summed E-state index contributed by atoms with van der Waals surface area (Å²) in [5, 5.41) is 9.65. The number of phenolic OH excluding ortho intramolecular Hbond substituents is 1. The normalized spacial score (nSPS) is 15.0. The summed E-state index contributed by atoms with van der Waals surface area (Å²) in [6.45, 7) is 5.24. The van der Waals surface area contributed by atoms with E-state index < -0.39 is 6.04 Å². The molecule has 0 unspecified atom stereocenters. The van der Waals surface area contributed by atoms with E-state index in [1.165, 1.54) is 11.1 Å². The first kappa shape index (κ1) is 16.5. The smallest absolute Gasteiger partial charge is 0.240 e. The Labute approximate surface area is 142 Å². The van der Waals surface area contributed by atoms with Crippen LogP contribution in [0.2, 0.25) is 0 Å². The maximum atomic E-state index is 12.8. The third kappa shape index (κ3) is 3.29. The molecule has 1 amide bonds. The minimum Gasteiger partial charge on any atom is -0.508 e. The van der Waals surface area contributed by atoms with Crippen LogP contribution in [0.4, 0.5) is 0 Å². The van der Waals surface area contributed by atoms with Crippen LogP contribution in [-0.2, 0) is 24.2 Å². The van der Waals surface area contributed by atoms with Crippen LogP contribution in [0.15, 0.2) is 36.4 Å².